The van der Waals surface area contributed by atoms with Crippen molar-refractivity contribution >= 4 is 23.2 Å². The van der Waals surface area contributed by atoms with E-state index in [2.05, 4.69) is 43.3 Å². The molecule has 0 bridgehead atoms. The van der Waals surface area contributed by atoms with E-state index < -0.39 is 6.10 Å². The fourth-order valence-corrected chi connectivity index (χ4v) is 7.25. The fourth-order valence-electron chi connectivity index (χ4n) is 7.25. The van der Waals surface area contributed by atoms with Gasteiger partial charge in [-0.1, -0.05) is 6.08 Å². The van der Waals surface area contributed by atoms with Crippen molar-refractivity contribution in [1.82, 2.24) is 35.1 Å². The van der Waals surface area contributed by atoms with Crippen molar-refractivity contribution in [3.8, 4) is 0 Å². The Hall–Kier alpha value is -4.00. The summed E-state index contributed by atoms with van der Waals surface area (Å²) in [6.45, 7) is 6.53. The number of amides is 2. The van der Waals surface area contributed by atoms with Crippen LogP contribution in [0.4, 0.5) is 0 Å². The SMILES string of the molecule is Cc1cc(C(=O)N2CCN([C@H]3C[C@@H](C(=O)NC4=NN5C=CC(c6cnc(CO[C@H]7CCC[C@@H]7O)nc6)=CC5C4)C3)[C@@H](C)C2)ccn1. The predicted molar refractivity (Wildman–Crippen MR) is 171 cm³/mol. The number of hydrazone groups is 1. The number of nitrogens with one attached hydrogen (secondary N) is 1. The van der Waals surface area contributed by atoms with Crippen LogP contribution < -0.4 is 5.32 Å². The lowest BCUT2D eigenvalue weighted by atomic mass is 9.77. The Bertz CT molecular complexity index is 1550. The summed E-state index contributed by atoms with van der Waals surface area (Å²) in [5.74, 6) is 1.34. The van der Waals surface area contributed by atoms with E-state index in [0.717, 1.165) is 55.5 Å². The molecule has 12 nitrogen and oxygen atoms in total. The normalized spacial score (nSPS) is 29.2. The molecule has 3 fully saturated rings. The molecular formula is C34H42N8O4. The number of allylic oxidation sites excluding steroid dienone is 2. The third-order valence-corrected chi connectivity index (χ3v) is 9.97. The van der Waals surface area contributed by atoms with E-state index in [4.69, 9.17) is 4.74 Å². The van der Waals surface area contributed by atoms with Crippen LogP contribution in [0.5, 0.6) is 0 Å². The quantitative estimate of drug-likeness (QED) is 0.475. The molecule has 3 aliphatic heterocycles. The zero-order chi connectivity index (χ0) is 31.8. The first kappa shape index (κ1) is 30.6. The van der Waals surface area contributed by atoms with Gasteiger partial charge in [0, 0.05) is 85.7 Å². The molecule has 2 saturated carbocycles. The average molecular weight is 627 g/mol. The highest BCUT2D eigenvalue weighted by Gasteiger charge is 2.42. The van der Waals surface area contributed by atoms with Crippen LogP contribution in [0.3, 0.4) is 0 Å². The van der Waals surface area contributed by atoms with Gasteiger partial charge in [-0.15, -0.1) is 0 Å². The van der Waals surface area contributed by atoms with Gasteiger partial charge >= 0.3 is 0 Å². The highest BCUT2D eigenvalue weighted by atomic mass is 16.5. The maximum Gasteiger partial charge on any atom is 0.254 e. The summed E-state index contributed by atoms with van der Waals surface area (Å²) >= 11 is 0. The number of piperazine rings is 1. The number of aromatic nitrogens is 3. The molecule has 7 rings (SSSR count). The number of aliphatic hydroxyl groups is 1. The van der Waals surface area contributed by atoms with Gasteiger partial charge in [0.1, 0.15) is 12.4 Å². The summed E-state index contributed by atoms with van der Waals surface area (Å²) in [6.07, 6.45) is 15.7. The largest absolute Gasteiger partial charge is 0.390 e. The number of carbonyl (C=O) groups excluding carboxylic acids is 2. The standard InChI is InChI=1S/C34H42N8O4/c1-21-12-24(6-8-35-21)34(45)40-10-11-41(22(2)19-40)27-14-25(15-27)33(44)38-31-16-28-13-23(7-9-42(28)39-31)26-17-36-32(37-18-26)20-46-30-5-3-4-29(30)43/h6-9,12-13,17-18,22,25,27-30,43H,3-5,10-11,14-16,19-20H2,1-2H3,(H,38,39,44)/t22-,25-,27+,28?,29-,30-/m0/s1. The van der Waals surface area contributed by atoms with Crippen LogP contribution in [0.2, 0.25) is 0 Å². The van der Waals surface area contributed by atoms with Gasteiger partial charge in [-0.25, -0.2) is 9.97 Å². The van der Waals surface area contributed by atoms with E-state index in [0.29, 0.717) is 42.8 Å². The maximum atomic E-state index is 13.1. The van der Waals surface area contributed by atoms with Crippen molar-refractivity contribution in [1.29, 1.82) is 0 Å². The number of hydrogen-bond acceptors (Lipinski definition) is 10. The minimum Gasteiger partial charge on any atom is -0.390 e. The molecule has 0 radical (unpaired) electrons. The van der Waals surface area contributed by atoms with Crippen LogP contribution in [0.1, 0.15) is 72.9 Å². The number of aryl methyl sites for hydroxylation is 1. The van der Waals surface area contributed by atoms with Crippen LogP contribution >= 0.6 is 0 Å². The third-order valence-electron chi connectivity index (χ3n) is 9.97. The van der Waals surface area contributed by atoms with Crippen molar-refractivity contribution in [3.63, 3.8) is 0 Å². The molecule has 2 aromatic heterocycles. The molecule has 5 aliphatic rings. The van der Waals surface area contributed by atoms with Gasteiger partial charge in [0.2, 0.25) is 5.91 Å². The minimum atomic E-state index is -0.397. The van der Waals surface area contributed by atoms with E-state index in [1.165, 1.54) is 0 Å². The van der Waals surface area contributed by atoms with Crippen LogP contribution in [-0.2, 0) is 16.1 Å². The lowest BCUT2D eigenvalue weighted by Crippen LogP contribution is -2.60. The van der Waals surface area contributed by atoms with Gasteiger partial charge in [0.15, 0.2) is 5.82 Å². The van der Waals surface area contributed by atoms with E-state index >= 15 is 0 Å². The summed E-state index contributed by atoms with van der Waals surface area (Å²) in [5, 5.41) is 19.6. The first-order chi connectivity index (χ1) is 22.3. The Balaban J connectivity index is 0.860. The summed E-state index contributed by atoms with van der Waals surface area (Å²) in [5.41, 5.74) is 3.45. The Kier molecular flexibility index (Phi) is 8.67. The van der Waals surface area contributed by atoms with Gasteiger partial charge in [0.05, 0.1) is 18.2 Å². The number of rotatable bonds is 7. The van der Waals surface area contributed by atoms with Crippen molar-refractivity contribution in [3.05, 3.63) is 71.7 Å². The average Bonchev–Trinajstić information content (AvgIpc) is 3.64. The maximum absolute atomic E-state index is 13.1. The molecule has 0 spiro atoms. The third kappa shape index (κ3) is 6.47. The second-order valence-corrected chi connectivity index (χ2v) is 13.2. The number of amidine groups is 1. The molecule has 1 saturated heterocycles. The van der Waals surface area contributed by atoms with Crippen LogP contribution in [0, 0.1) is 12.8 Å². The molecule has 242 valence electrons. The summed E-state index contributed by atoms with van der Waals surface area (Å²) in [4.78, 5) is 43.7. The van der Waals surface area contributed by atoms with Crippen molar-refractivity contribution < 1.29 is 19.4 Å². The molecule has 2 amide bonds. The zero-order valence-corrected chi connectivity index (χ0v) is 26.5. The molecule has 2 N–H and O–H groups in total. The molecule has 1 unspecified atom stereocenters. The minimum absolute atomic E-state index is 0.0206. The Morgan fingerprint density at radius 2 is 1.96 bits per heavy atom. The number of aliphatic hydroxyl groups excluding tert-OH is 1. The molecular weight excluding hydrogens is 584 g/mol. The lowest BCUT2D eigenvalue weighted by Gasteiger charge is -2.49. The first-order valence-electron chi connectivity index (χ1n) is 16.5. The summed E-state index contributed by atoms with van der Waals surface area (Å²) < 4.78 is 5.81. The number of pyridine rings is 1. The zero-order valence-electron chi connectivity index (χ0n) is 26.5. The first-order valence-corrected chi connectivity index (χ1v) is 16.5. The number of fused-ring (bicyclic) bond motifs is 1. The van der Waals surface area contributed by atoms with Gasteiger partial charge in [-0.05, 0) is 69.7 Å². The second-order valence-electron chi connectivity index (χ2n) is 13.2. The topological polar surface area (TPSA) is 136 Å². The van der Waals surface area contributed by atoms with Gasteiger partial charge in [-0.2, -0.15) is 5.10 Å². The van der Waals surface area contributed by atoms with E-state index in [1.807, 2.05) is 35.2 Å². The van der Waals surface area contributed by atoms with Crippen molar-refractivity contribution in [2.24, 2.45) is 11.0 Å². The van der Waals surface area contributed by atoms with E-state index in [1.54, 1.807) is 24.7 Å². The molecule has 2 aliphatic carbocycles. The monoisotopic (exact) mass is 626 g/mol. The highest BCUT2D eigenvalue weighted by Crippen LogP contribution is 2.35. The predicted octanol–water partition coefficient (Wildman–Crippen LogP) is 2.65. The van der Waals surface area contributed by atoms with Gasteiger partial charge < -0.3 is 20.1 Å². The van der Waals surface area contributed by atoms with Gasteiger partial charge in [0.25, 0.3) is 5.91 Å². The number of carbonyl (C=O) groups is 2. The highest BCUT2D eigenvalue weighted by molar-refractivity contribution is 6.00. The number of nitrogens with zero attached hydrogens (tertiary/aromatic N) is 7. The molecule has 2 aromatic rings. The number of ether oxygens (including phenoxy) is 1. The Morgan fingerprint density at radius 1 is 1.13 bits per heavy atom. The van der Waals surface area contributed by atoms with Crippen LogP contribution in [0.25, 0.3) is 5.57 Å². The Morgan fingerprint density at radius 3 is 2.70 bits per heavy atom. The fraction of sp³-hybridized carbons (Fsp3) is 0.529. The van der Waals surface area contributed by atoms with Crippen molar-refractivity contribution in [2.75, 3.05) is 19.6 Å². The second kappa shape index (κ2) is 13.0. The smallest absolute Gasteiger partial charge is 0.254 e. The molecule has 5 heterocycles. The van der Waals surface area contributed by atoms with Gasteiger partial charge in [-0.3, -0.25) is 24.5 Å². The molecule has 12 heteroatoms. The summed E-state index contributed by atoms with van der Waals surface area (Å²) in [7, 11) is 0. The molecule has 4 atom stereocenters. The van der Waals surface area contributed by atoms with Crippen LogP contribution in [-0.4, -0.2) is 102 Å². The van der Waals surface area contributed by atoms with Crippen molar-refractivity contribution in [2.45, 2.75) is 89.3 Å². The number of hydrogen-bond donors (Lipinski definition) is 2. The van der Waals surface area contributed by atoms with Crippen LogP contribution in [0.15, 0.2) is 54.2 Å². The Labute approximate surface area is 269 Å². The molecule has 46 heavy (non-hydrogen) atoms. The lowest BCUT2D eigenvalue weighted by molar-refractivity contribution is -0.129. The molecule has 0 aromatic carbocycles. The van der Waals surface area contributed by atoms with E-state index in [9.17, 15) is 14.7 Å². The summed E-state index contributed by atoms with van der Waals surface area (Å²) in [6, 6.07) is 4.23. The van der Waals surface area contributed by atoms with E-state index in [-0.39, 0.29) is 42.5 Å².